The van der Waals surface area contributed by atoms with Crippen molar-refractivity contribution in [1.82, 2.24) is 0 Å². The van der Waals surface area contributed by atoms with Gasteiger partial charge in [0.05, 0.1) is 12.8 Å². The summed E-state index contributed by atoms with van der Waals surface area (Å²) in [5, 5.41) is 6.72. The van der Waals surface area contributed by atoms with Gasteiger partial charge in [-0.2, -0.15) is 0 Å². The first-order valence-corrected chi connectivity index (χ1v) is 8.35. The van der Waals surface area contributed by atoms with E-state index < -0.39 is 0 Å². The third kappa shape index (κ3) is 4.90. The van der Waals surface area contributed by atoms with Gasteiger partial charge >= 0.3 is 0 Å². The number of rotatable bonds is 7. The van der Waals surface area contributed by atoms with Gasteiger partial charge in [-0.15, -0.1) is 0 Å². The molecule has 24 heavy (non-hydrogen) atoms. The number of hydrogen-bond acceptors (Lipinski definition) is 3. The molecule has 128 valence electrons. The average Bonchev–Trinajstić information content (AvgIpc) is 2.55. The fourth-order valence-electron chi connectivity index (χ4n) is 2.46. The molecule has 0 radical (unpaired) electrons. The summed E-state index contributed by atoms with van der Waals surface area (Å²) < 4.78 is 5.23. The van der Waals surface area contributed by atoms with Crippen LogP contribution in [0.25, 0.3) is 0 Å². The minimum Gasteiger partial charge on any atom is -0.495 e. The summed E-state index contributed by atoms with van der Waals surface area (Å²) in [4.78, 5) is 12.2. The van der Waals surface area contributed by atoms with E-state index in [0.717, 1.165) is 5.69 Å². The molecule has 2 N–H and O–H groups in total. The molecule has 5 heteroatoms. The van der Waals surface area contributed by atoms with Gasteiger partial charge in [-0.3, -0.25) is 4.79 Å². The second-order valence-corrected chi connectivity index (χ2v) is 6.25. The SMILES string of the molecule is COc1ccc(Cl)cc1NC(=O)CCNc1ccccc1C(C)C. The van der Waals surface area contributed by atoms with E-state index in [1.807, 2.05) is 18.2 Å². The van der Waals surface area contributed by atoms with Gasteiger partial charge in [0.1, 0.15) is 5.75 Å². The maximum Gasteiger partial charge on any atom is 0.226 e. The minimum absolute atomic E-state index is 0.0925. The van der Waals surface area contributed by atoms with Crippen molar-refractivity contribution < 1.29 is 9.53 Å². The molecule has 0 spiro atoms. The lowest BCUT2D eigenvalue weighted by Crippen LogP contribution is -2.17. The minimum atomic E-state index is -0.0925. The highest BCUT2D eigenvalue weighted by molar-refractivity contribution is 6.31. The summed E-state index contributed by atoms with van der Waals surface area (Å²) in [6.45, 7) is 4.86. The van der Waals surface area contributed by atoms with Crippen LogP contribution in [0.3, 0.4) is 0 Å². The highest BCUT2D eigenvalue weighted by Crippen LogP contribution is 2.28. The normalized spacial score (nSPS) is 10.5. The number of halogens is 1. The summed E-state index contributed by atoms with van der Waals surface area (Å²) in [6.07, 6.45) is 0.349. The maximum atomic E-state index is 12.2. The number of carbonyl (C=O) groups excluding carboxylic acids is 1. The Morgan fingerprint density at radius 1 is 1.17 bits per heavy atom. The summed E-state index contributed by atoms with van der Waals surface area (Å²) in [6, 6.07) is 13.3. The van der Waals surface area contributed by atoms with Gasteiger partial charge in [-0.05, 0) is 35.7 Å². The fraction of sp³-hybridized carbons (Fsp3) is 0.316. The van der Waals surface area contributed by atoms with Crippen LogP contribution in [0, 0.1) is 0 Å². The molecule has 0 aliphatic heterocycles. The molecule has 0 saturated carbocycles. The molecular weight excluding hydrogens is 324 g/mol. The molecule has 0 saturated heterocycles. The first-order chi connectivity index (χ1) is 11.5. The van der Waals surface area contributed by atoms with Gasteiger partial charge in [0, 0.05) is 23.7 Å². The van der Waals surface area contributed by atoms with Crippen LogP contribution >= 0.6 is 11.6 Å². The molecule has 0 aliphatic carbocycles. The van der Waals surface area contributed by atoms with Gasteiger partial charge in [0.2, 0.25) is 5.91 Å². The monoisotopic (exact) mass is 346 g/mol. The van der Waals surface area contributed by atoms with E-state index in [1.165, 1.54) is 5.56 Å². The largest absolute Gasteiger partial charge is 0.495 e. The van der Waals surface area contributed by atoms with Crippen LogP contribution < -0.4 is 15.4 Å². The van der Waals surface area contributed by atoms with Crippen LogP contribution in [0.2, 0.25) is 5.02 Å². The number of benzene rings is 2. The summed E-state index contributed by atoms with van der Waals surface area (Å²) in [5.74, 6) is 0.925. The van der Waals surface area contributed by atoms with Gasteiger partial charge in [0.25, 0.3) is 0 Å². The topological polar surface area (TPSA) is 50.4 Å². The number of methoxy groups -OCH3 is 1. The lowest BCUT2D eigenvalue weighted by atomic mass is 10.0. The number of anilines is 2. The van der Waals surface area contributed by atoms with Crippen LogP contribution in [0.15, 0.2) is 42.5 Å². The zero-order valence-corrected chi connectivity index (χ0v) is 15.0. The van der Waals surface area contributed by atoms with E-state index >= 15 is 0 Å². The van der Waals surface area contributed by atoms with Crippen molar-refractivity contribution in [2.75, 3.05) is 24.3 Å². The van der Waals surface area contributed by atoms with Gasteiger partial charge < -0.3 is 15.4 Å². The van der Waals surface area contributed by atoms with E-state index in [1.54, 1.807) is 25.3 Å². The van der Waals surface area contributed by atoms with Gasteiger partial charge in [-0.25, -0.2) is 0 Å². The predicted octanol–water partition coefficient (Wildman–Crippen LogP) is 4.91. The van der Waals surface area contributed by atoms with Crippen molar-refractivity contribution in [2.24, 2.45) is 0 Å². The first-order valence-electron chi connectivity index (χ1n) is 7.97. The molecule has 0 aromatic heterocycles. The summed E-state index contributed by atoms with van der Waals surface area (Å²) in [5.41, 5.74) is 2.90. The van der Waals surface area contributed by atoms with E-state index in [2.05, 4.69) is 30.5 Å². The van der Waals surface area contributed by atoms with E-state index in [4.69, 9.17) is 16.3 Å². The Kier molecular flexibility index (Phi) is 6.50. The van der Waals surface area contributed by atoms with Crippen LogP contribution in [-0.2, 0) is 4.79 Å². The second-order valence-electron chi connectivity index (χ2n) is 5.81. The molecule has 4 nitrogen and oxygen atoms in total. The smallest absolute Gasteiger partial charge is 0.226 e. The fourth-order valence-corrected chi connectivity index (χ4v) is 2.63. The van der Waals surface area contributed by atoms with Crippen molar-refractivity contribution in [3.05, 3.63) is 53.1 Å². The molecule has 0 unspecified atom stereocenters. The van der Waals surface area contributed by atoms with Crippen LogP contribution in [-0.4, -0.2) is 19.6 Å². The molecule has 2 rings (SSSR count). The van der Waals surface area contributed by atoms with Crippen molar-refractivity contribution in [3.63, 3.8) is 0 Å². The Hall–Kier alpha value is -2.20. The summed E-state index contributed by atoms with van der Waals surface area (Å²) >= 11 is 5.97. The van der Waals surface area contributed by atoms with Gasteiger partial charge in [0.15, 0.2) is 0 Å². The molecule has 0 heterocycles. The quantitative estimate of drug-likeness (QED) is 0.748. The number of ether oxygens (including phenoxy) is 1. The Morgan fingerprint density at radius 2 is 1.92 bits per heavy atom. The highest BCUT2D eigenvalue weighted by atomic mass is 35.5. The zero-order valence-electron chi connectivity index (χ0n) is 14.2. The van der Waals surface area contributed by atoms with Crippen LogP contribution in [0.1, 0.15) is 31.7 Å². The number of hydrogen-bond donors (Lipinski definition) is 2. The Labute approximate surface area is 148 Å². The van der Waals surface area contributed by atoms with E-state index in [9.17, 15) is 4.79 Å². The molecule has 0 fully saturated rings. The lowest BCUT2D eigenvalue weighted by molar-refractivity contribution is -0.116. The Balaban J connectivity index is 1.92. The molecule has 0 aliphatic rings. The van der Waals surface area contributed by atoms with Crippen molar-refractivity contribution in [3.8, 4) is 5.75 Å². The van der Waals surface area contributed by atoms with Crippen LogP contribution in [0.4, 0.5) is 11.4 Å². The van der Waals surface area contributed by atoms with Crippen molar-refractivity contribution in [1.29, 1.82) is 0 Å². The lowest BCUT2D eigenvalue weighted by Gasteiger charge is -2.15. The van der Waals surface area contributed by atoms with Crippen molar-refractivity contribution >= 4 is 28.9 Å². The van der Waals surface area contributed by atoms with E-state index in [0.29, 0.717) is 35.3 Å². The highest BCUT2D eigenvalue weighted by Gasteiger charge is 2.09. The standard InChI is InChI=1S/C19H23ClN2O2/c1-13(2)15-6-4-5-7-16(15)21-11-10-19(23)22-17-12-14(20)8-9-18(17)24-3/h4-9,12-13,21H,10-11H2,1-3H3,(H,22,23). The number of nitrogens with one attached hydrogen (secondary N) is 2. The van der Waals surface area contributed by atoms with Crippen molar-refractivity contribution in [2.45, 2.75) is 26.2 Å². The first kappa shape index (κ1) is 18.1. The second kappa shape index (κ2) is 8.60. The molecular formula is C19H23ClN2O2. The Morgan fingerprint density at radius 3 is 2.62 bits per heavy atom. The number of carbonyl (C=O) groups is 1. The molecule has 2 aromatic carbocycles. The number of amides is 1. The third-order valence-corrected chi connectivity index (χ3v) is 3.92. The molecule has 0 atom stereocenters. The molecule has 2 aromatic rings. The van der Waals surface area contributed by atoms with Gasteiger partial charge in [-0.1, -0.05) is 43.6 Å². The Bertz CT molecular complexity index is 702. The predicted molar refractivity (Wildman–Crippen MR) is 100 cm³/mol. The van der Waals surface area contributed by atoms with Crippen LogP contribution in [0.5, 0.6) is 5.75 Å². The summed E-state index contributed by atoms with van der Waals surface area (Å²) in [7, 11) is 1.56. The maximum absolute atomic E-state index is 12.2. The third-order valence-electron chi connectivity index (χ3n) is 3.69. The number of para-hydroxylation sites is 1. The average molecular weight is 347 g/mol. The van der Waals surface area contributed by atoms with E-state index in [-0.39, 0.29) is 5.91 Å². The molecule has 0 bridgehead atoms. The zero-order chi connectivity index (χ0) is 17.5. The molecule has 1 amide bonds.